The Morgan fingerprint density at radius 3 is 2.87 bits per heavy atom. The van der Waals surface area contributed by atoms with Gasteiger partial charge in [0.05, 0.1) is 5.69 Å². The lowest BCUT2D eigenvalue weighted by Gasteiger charge is -2.14. The quantitative estimate of drug-likeness (QED) is 0.774. The fraction of sp³-hybridized carbons (Fsp3) is 0.182. The van der Waals surface area contributed by atoms with E-state index in [2.05, 4.69) is 5.32 Å². The normalized spacial score (nSPS) is 10.3. The number of fused-ring (bicyclic) bond motifs is 1. The van der Waals surface area contributed by atoms with Gasteiger partial charge in [-0.15, -0.1) is 0 Å². The standard InChI is InChI=1S/C11H12N2O2/c1-12-11(14)13(2)9-7-15-10-6-4-3-5-8(9)10/h3-7H,1-2H3,(H,12,14). The van der Waals surface area contributed by atoms with Gasteiger partial charge in [-0.3, -0.25) is 4.90 Å². The molecule has 0 saturated carbocycles. The highest BCUT2D eigenvalue weighted by molar-refractivity contribution is 6.01. The summed E-state index contributed by atoms with van der Waals surface area (Å²) in [5.41, 5.74) is 1.55. The molecule has 0 fully saturated rings. The number of hydrogen-bond donors (Lipinski definition) is 1. The van der Waals surface area contributed by atoms with E-state index in [4.69, 9.17) is 4.42 Å². The van der Waals surface area contributed by atoms with Crippen LogP contribution in [0.15, 0.2) is 34.9 Å². The third-order valence-corrected chi connectivity index (χ3v) is 2.34. The van der Waals surface area contributed by atoms with Gasteiger partial charge in [0.2, 0.25) is 0 Å². The van der Waals surface area contributed by atoms with E-state index in [0.29, 0.717) is 0 Å². The van der Waals surface area contributed by atoms with E-state index in [1.54, 1.807) is 20.4 Å². The number of anilines is 1. The van der Waals surface area contributed by atoms with Crippen LogP contribution in [0.2, 0.25) is 0 Å². The summed E-state index contributed by atoms with van der Waals surface area (Å²) >= 11 is 0. The maximum Gasteiger partial charge on any atom is 0.321 e. The summed E-state index contributed by atoms with van der Waals surface area (Å²) in [6.45, 7) is 0. The summed E-state index contributed by atoms with van der Waals surface area (Å²) in [6.07, 6.45) is 1.58. The lowest BCUT2D eigenvalue weighted by molar-refractivity contribution is 0.249. The van der Waals surface area contributed by atoms with Gasteiger partial charge >= 0.3 is 6.03 Å². The SMILES string of the molecule is CNC(=O)N(C)c1coc2ccccc12. The van der Waals surface area contributed by atoms with Gasteiger partial charge in [-0.2, -0.15) is 0 Å². The zero-order valence-corrected chi connectivity index (χ0v) is 8.65. The third-order valence-electron chi connectivity index (χ3n) is 2.34. The number of rotatable bonds is 1. The predicted octanol–water partition coefficient (Wildman–Crippen LogP) is 2.21. The molecule has 2 rings (SSSR count). The van der Waals surface area contributed by atoms with Gasteiger partial charge in [-0.25, -0.2) is 4.79 Å². The van der Waals surface area contributed by atoms with E-state index < -0.39 is 0 Å². The van der Waals surface area contributed by atoms with E-state index >= 15 is 0 Å². The van der Waals surface area contributed by atoms with E-state index in [0.717, 1.165) is 16.7 Å². The van der Waals surface area contributed by atoms with Gasteiger partial charge in [-0.05, 0) is 12.1 Å². The van der Waals surface area contributed by atoms with Gasteiger partial charge in [0.25, 0.3) is 0 Å². The Hall–Kier alpha value is -1.97. The molecule has 2 amide bonds. The number of urea groups is 1. The molecular formula is C11H12N2O2. The van der Waals surface area contributed by atoms with Crippen molar-refractivity contribution in [3.63, 3.8) is 0 Å². The van der Waals surface area contributed by atoms with Gasteiger partial charge in [0.15, 0.2) is 0 Å². The van der Waals surface area contributed by atoms with Crippen molar-refractivity contribution in [3.8, 4) is 0 Å². The first-order valence-electron chi connectivity index (χ1n) is 4.65. The van der Waals surface area contributed by atoms with E-state index in [1.807, 2.05) is 24.3 Å². The van der Waals surface area contributed by atoms with Crippen LogP contribution in [0, 0.1) is 0 Å². The van der Waals surface area contributed by atoms with Crippen LogP contribution in [-0.2, 0) is 0 Å². The van der Waals surface area contributed by atoms with Crippen LogP contribution >= 0.6 is 0 Å². The smallest absolute Gasteiger partial charge is 0.321 e. The van der Waals surface area contributed by atoms with Crippen molar-refractivity contribution in [2.24, 2.45) is 0 Å². The van der Waals surface area contributed by atoms with Crippen molar-refractivity contribution in [3.05, 3.63) is 30.5 Å². The van der Waals surface area contributed by atoms with Gasteiger partial charge in [0.1, 0.15) is 11.8 Å². The molecule has 1 N–H and O–H groups in total. The fourth-order valence-electron chi connectivity index (χ4n) is 1.50. The number of nitrogens with zero attached hydrogens (tertiary/aromatic N) is 1. The monoisotopic (exact) mass is 204 g/mol. The Balaban J connectivity index is 2.48. The number of nitrogens with one attached hydrogen (secondary N) is 1. The molecule has 1 aromatic carbocycles. The minimum Gasteiger partial charge on any atom is -0.462 e. The molecule has 0 spiro atoms. The average Bonchev–Trinajstić information content (AvgIpc) is 2.70. The first-order chi connectivity index (χ1) is 7.24. The number of para-hydroxylation sites is 1. The van der Waals surface area contributed by atoms with Crippen LogP contribution in [-0.4, -0.2) is 20.1 Å². The van der Waals surface area contributed by atoms with Crippen molar-refractivity contribution in [2.75, 3.05) is 19.0 Å². The van der Waals surface area contributed by atoms with Crippen molar-refractivity contribution in [1.29, 1.82) is 0 Å². The highest BCUT2D eigenvalue weighted by atomic mass is 16.3. The fourth-order valence-corrected chi connectivity index (χ4v) is 1.50. The lowest BCUT2D eigenvalue weighted by Crippen LogP contribution is -2.34. The second kappa shape index (κ2) is 3.65. The molecule has 0 atom stereocenters. The molecule has 0 unspecified atom stereocenters. The highest BCUT2D eigenvalue weighted by Gasteiger charge is 2.14. The van der Waals surface area contributed by atoms with Crippen LogP contribution in [0.3, 0.4) is 0 Å². The molecular weight excluding hydrogens is 192 g/mol. The number of carbonyl (C=O) groups is 1. The third kappa shape index (κ3) is 1.54. The molecule has 4 nitrogen and oxygen atoms in total. The van der Waals surface area contributed by atoms with E-state index in [9.17, 15) is 4.79 Å². The molecule has 4 heteroatoms. The number of carbonyl (C=O) groups excluding carboxylic acids is 1. The van der Waals surface area contributed by atoms with Crippen LogP contribution < -0.4 is 10.2 Å². The molecule has 15 heavy (non-hydrogen) atoms. The zero-order chi connectivity index (χ0) is 10.8. The molecule has 0 aliphatic carbocycles. The molecule has 0 saturated heterocycles. The Labute approximate surface area is 87.5 Å². The largest absolute Gasteiger partial charge is 0.462 e. The number of amides is 2. The second-order valence-corrected chi connectivity index (χ2v) is 3.23. The number of benzene rings is 1. The number of furan rings is 1. The van der Waals surface area contributed by atoms with Crippen molar-refractivity contribution in [2.45, 2.75) is 0 Å². The summed E-state index contributed by atoms with van der Waals surface area (Å²) in [4.78, 5) is 12.9. The van der Waals surface area contributed by atoms with Crippen molar-refractivity contribution in [1.82, 2.24) is 5.32 Å². The molecule has 0 aliphatic heterocycles. The summed E-state index contributed by atoms with van der Waals surface area (Å²) in [7, 11) is 3.30. The second-order valence-electron chi connectivity index (χ2n) is 3.23. The molecule has 1 heterocycles. The van der Waals surface area contributed by atoms with Gasteiger partial charge < -0.3 is 9.73 Å². The zero-order valence-electron chi connectivity index (χ0n) is 8.65. The topological polar surface area (TPSA) is 45.5 Å². The average molecular weight is 204 g/mol. The minimum absolute atomic E-state index is 0.165. The van der Waals surface area contributed by atoms with Crippen molar-refractivity contribution >= 4 is 22.7 Å². The predicted molar refractivity (Wildman–Crippen MR) is 59.1 cm³/mol. The van der Waals surface area contributed by atoms with E-state index in [1.165, 1.54) is 4.90 Å². The van der Waals surface area contributed by atoms with Gasteiger partial charge in [-0.1, -0.05) is 12.1 Å². The van der Waals surface area contributed by atoms with Crippen LogP contribution in [0.5, 0.6) is 0 Å². The Morgan fingerprint density at radius 1 is 1.40 bits per heavy atom. The van der Waals surface area contributed by atoms with Crippen molar-refractivity contribution < 1.29 is 9.21 Å². The first kappa shape index (κ1) is 9.58. The summed E-state index contributed by atoms with van der Waals surface area (Å²) in [6, 6.07) is 7.44. The van der Waals surface area contributed by atoms with Crippen LogP contribution in [0.25, 0.3) is 11.0 Å². The summed E-state index contributed by atoms with van der Waals surface area (Å²) in [5.74, 6) is 0. The van der Waals surface area contributed by atoms with Crippen LogP contribution in [0.4, 0.5) is 10.5 Å². The summed E-state index contributed by atoms with van der Waals surface area (Å²) in [5, 5.41) is 3.50. The molecule has 0 radical (unpaired) electrons. The molecule has 0 bridgehead atoms. The summed E-state index contributed by atoms with van der Waals surface area (Å²) < 4.78 is 5.34. The van der Waals surface area contributed by atoms with Crippen LogP contribution in [0.1, 0.15) is 0 Å². The molecule has 2 aromatic rings. The Kier molecular flexibility index (Phi) is 2.33. The highest BCUT2D eigenvalue weighted by Crippen LogP contribution is 2.27. The molecule has 1 aromatic heterocycles. The maximum absolute atomic E-state index is 11.4. The minimum atomic E-state index is -0.165. The number of hydrogen-bond acceptors (Lipinski definition) is 2. The first-order valence-corrected chi connectivity index (χ1v) is 4.65. The Bertz CT molecular complexity index is 490. The molecule has 0 aliphatic rings. The molecule has 78 valence electrons. The lowest BCUT2D eigenvalue weighted by atomic mass is 10.2. The maximum atomic E-state index is 11.4. The van der Waals surface area contributed by atoms with Gasteiger partial charge in [0, 0.05) is 19.5 Å². The van der Waals surface area contributed by atoms with E-state index in [-0.39, 0.29) is 6.03 Å². The Morgan fingerprint density at radius 2 is 2.13 bits per heavy atom.